The highest BCUT2D eigenvalue weighted by Gasteiger charge is 2.15. The molecule has 0 bridgehead atoms. The van der Waals surface area contributed by atoms with Crippen LogP contribution < -0.4 is 10.5 Å². The molecular weight excluding hydrogens is 212 g/mol. The van der Waals surface area contributed by atoms with E-state index in [0.29, 0.717) is 12.3 Å². The second-order valence-corrected chi connectivity index (χ2v) is 4.87. The Bertz CT molecular complexity index is 393. The van der Waals surface area contributed by atoms with E-state index < -0.39 is 0 Å². The lowest BCUT2D eigenvalue weighted by molar-refractivity contribution is 0.295. The van der Waals surface area contributed by atoms with Crippen LogP contribution >= 0.6 is 0 Å². The summed E-state index contributed by atoms with van der Waals surface area (Å²) in [6.45, 7) is 4.60. The van der Waals surface area contributed by atoms with Crippen LogP contribution in [0.15, 0.2) is 24.3 Å². The molecule has 1 rings (SSSR count). The smallest absolute Gasteiger partial charge is 0.121 e. The second-order valence-electron chi connectivity index (χ2n) is 4.87. The van der Waals surface area contributed by atoms with E-state index in [-0.39, 0.29) is 5.41 Å². The molecule has 0 saturated carbocycles. The van der Waals surface area contributed by atoms with Gasteiger partial charge < -0.3 is 10.5 Å². The number of anilines is 1. The molecule has 0 aliphatic carbocycles. The molecule has 0 heterocycles. The minimum atomic E-state index is -0.225. The Morgan fingerprint density at radius 3 is 2.76 bits per heavy atom. The summed E-state index contributed by atoms with van der Waals surface area (Å²) in [5, 5.41) is 8.86. The van der Waals surface area contributed by atoms with Crippen molar-refractivity contribution in [3.8, 4) is 11.8 Å². The van der Waals surface area contributed by atoms with Crippen molar-refractivity contribution in [3.63, 3.8) is 0 Å². The standard InChI is InChI=1S/C14H20N2O/c1-14(2,11-15)8-3-4-9-17-13-7-5-6-12(16)10-13/h5-7,10H,3-4,8-9,16H2,1-2H3. The second kappa shape index (κ2) is 6.15. The van der Waals surface area contributed by atoms with Crippen molar-refractivity contribution in [1.29, 1.82) is 5.26 Å². The maximum Gasteiger partial charge on any atom is 0.121 e. The zero-order valence-electron chi connectivity index (χ0n) is 10.6. The first kappa shape index (κ1) is 13.4. The molecule has 0 atom stereocenters. The average Bonchev–Trinajstić information content (AvgIpc) is 2.29. The van der Waals surface area contributed by atoms with Crippen LogP contribution in [-0.2, 0) is 0 Å². The molecule has 1 aromatic carbocycles. The molecule has 2 N–H and O–H groups in total. The topological polar surface area (TPSA) is 59.0 Å². The van der Waals surface area contributed by atoms with Gasteiger partial charge in [-0.2, -0.15) is 5.26 Å². The fourth-order valence-corrected chi connectivity index (χ4v) is 1.52. The van der Waals surface area contributed by atoms with Gasteiger partial charge in [-0.1, -0.05) is 6.07 Å². The summed E-state index contributed by atoms with van der Waals surface area (Å²) in [4.78, 5) is 0. The molecule has 17 heavy (non-hydrogen) atoms. The number of unbranched alkanes of at least 4 members (excludes halogenated alkanes) is 1. The molecule has 0 fully saturated rings. The van der Waals surface area contributed by atoms with Gasteiger partial charge in [0.1, 0.15) is 5.75 Å². The van der Waals surface area contributed by atoms with Crippen molar-refractivity contribution in [2.45, 2.75) is 33.1 Å². The summed E-state index contributed by atoms with van der Waals surface area (Å²) in [7, 11) is 0. The van der Waals surface area contributed by atoms with E-state index in [4.69, 9.17) is 15.7 Å². The van der Waals surface area contributed by atoms with Crippen molar-refractivity contribution in [2.75, 3.05) is 12.3 Å². The largest absolute Gasteiger partial charge is 0.494 e. The third-order valence-corrected chi connectivity index (χ3v) is 2.63. The van der Waals surface area contributed by atoms with Gasteiger partial charge in [0.15, 0.2) is 0 Å². The molecule has 0 unspecified atom stereocenters. The number of nitrogens with zero attached hydrogens (tertiary/aromatic N) is 1. The Balaban J connectivity index is 2.19. The first-order chi connectivity index (χ1) is 8.03. The summed E-state index contributed by atoms with van der Waals surface area (Å²) < 4.78 is 5.57. The molecule has 0 saturated heterocycles. The normalized spacial score (nSPS) is 10.9. The number of nitriles is 1. The van der Waals surface area contributed by atoms with E-state index in [1.165, 1.54) is 0 Å². The molecule has 0 aliphatic heterocycles. The van der Waals surface area contributed by atoms with Gasteiger partial charge in [0.2, 0.25) is 0 Å². The van der Waals surface area contributed by atoms with Crippen molar-refractivity contribution in [3.05, 3.63) is 24.3 Å². The SMILES string of the molecule is CC(C)(C#N)CCCCOc1cccc(N)c1. The van der Waals surface area contributed by atoms with E-state index in [1.54, 1.807) is 0 Å². The van der Waals surface area contributed by atoms with E-state index in [9.17, 15) is 0 Å². The minimum Gasteiger partial charge on any atom is -0.494 e. The van der Waals surface area contributed by atoms with Gasteiger partial charge in [-0.25, -0.2) is 0 Å². The first-order valence-corrected chi connectivity index (χ1v) is 5.93. The number of hydrogen-bond acceptors (Lipinski definition) is 3. The van der Waals surface area contributed by atoms with Gasteiger partial charge in [-0.05, 0) is 45.2 Å². The van der Waals surface area contributed by atoms with Crippen LogP contribution in [0.5, 0.6) is 5.75 Å². The quantitative estimate of drug-likeness (QED) is 0.604. The van der Waals surface area contributed by atoms with Crippen LogP contribution in [0.2, 0.25) is 0 Å². The molecule has 3 nitrogen and oxygen atoms in total. The van der Waals surface area contributed by atoms with Crippen LogP contribution in [0.25, 0.3) is 0 Å². The minimum absolute atomic E-state index is 0.225. The summed E-state index contributed by atoms with van der Waals surface area (Å²) in [5.41, 5.74) is 6.14. The summed E-state index contributed by atoms with van der Waals surface area (Å²) in [6, 6.07) is 9.73. The highest BCUT2D eigenvalue weighted by atomic mass is 16.5. The van der Waals surface area contributed by atoms with Crippen LogP contribution in [-0.4, -0.2) is 6.61 Å². The van der Waals surface area contributed by atoms with Crippen molar-refractivity contribution in [1.82, 2.24) is 0 Å². The molecule has 92 valence electrons. The van der Waals surface area contributed by atoms with Crippen molar-refractivity contribution >= 4 is 5.69 Å². The Kier molecular flexibility index (Phi) is 4.84. The third-order valence-electron chi connectivity index (χ3n) is 2.63. The van der Waals surface area contributed by atoms with Crippen LogP contribution in [0.4, 0.5) is 5.69 Å². The zero-order chi connectivity index (χ0) is 12.7. The summed E-state index contributed by atoms with van der Waals surface area (Å²) in [6.07, 6.45) is 2.87. The molecule has 1 aromatic rings. The lowest BCUT2D eigenvalue weighted by Crippen LogP contribution is -2.08. The van der Waals surface area contributed by atoms with Crippen molar-refractivity contribution in [2.24, 2.45) is 5.41 Å². The summed E-state index contributed by atoms with van der Waals surface area (Å²) >= 11 is 0. The summed E-state index contributed by atoms with van der Waals surface area (Å²) in [5.74, 6) is 0.810. The number of benzene rings is 1. The molecule has 0 aromatic heterocycles. The molecule has 3 heteroatoms. The molecular formula is C14H20N2O. The molecule has 0 amide bonds. The van der Waals surface area contributed by atoms with E-state index in [2.05, 4.69) is 6.07 Å². The predicted molar refractivity (Wildman–Crippen MR) is 69.6 cm³/mol. The molecule has 0 radical (unpaired) electrons. The van der Waals surface area contributed by atoms with Crippen LogP contribution in [0, 0.1) is 16.7 Å². The number of nitrogens with two attached hydrogens (primary N) is 1. The van der Waals surface area contributed by atoms with Gasteiger partial charge in [0.25, 0.3) is 0 Å². The fraction of sp³-hybridized carbons (Fsp3) is 0.500. The third kappa shape index (κ3) is 5.26. The highest BCUT2D eigenvalue weighted by molar-refractivity contribution is 5.43. The maximum atomic E-state index is 8.86. The molecule has 0 aliphatic rings. The Hall–Kier alpha value is -1.69. The van der Waals surface area contributed by atoms with Gasteiger partial charge >= 0.3 is 0 Å². The predicted octanol–water partition coefficient (Wildman–Crippen LogP) is 3.37. The fourth-order valence-electron chi connectivity index (χ4n) is 1.52. The lowest BCUT2D eigenvalue weighted by atomic mass is 9.89. The number of ether oxygens (including phenoxy) is 1. The maximum absolute atomic E-state index is 8.86. The Labute approximate surface area is 103 Å². The van der Waals surface area contributed by atoms with Gasteiger partial charge in [0.05, 0.1) is 18.1 Å². The first-order valence-electron chi connectivity index (χ1n) is 5.93. The average molecular weight is 232 g/mol. The monoisotopic (exact) mass is 232 g/mol. The molecule has 0 spiro atoms. The highest BCUT2D eigenvalue weighted by Crippen LogP contribution is 2.22. The van der Waals surface area contributed by atoms with E-state index in [1.807, 2.05) is 38.1 Å². The van der Waals surface area contributed by atoms with Crippen LogP contribution in [0.1, 0.15) is 33.1 Å². The zero-order valence-corrected chi connectivity index (χ0v) is 10.6. The Morgan fingerprint density at radius 2 is 2.12 bits per heavy atom. The van der Waals surface area contributed by atoms with Gasteiger partial charge in [0, 0.05) is 11.8 Å². The van der Waals surface area contributed by atoms with E-state index in [0.717, 1.165) is 25.0 Å². The van der Waals surface area contributed by atoms with Crippen LogP contribution in [0.3, 0.4) is 0 Å². The van der Waals surface area contributed by atoms with Gasteiger partial charge in [-0.3, -0.25) is 0 Å². The van der Waals surface area contributed by atoms with Crippen molar-refractivity contribution < 1.29 is 4.74 Å². The van der Waals surface area contributed by atoms with E-state index >= 15 is 0 Å². The number of rotatable bonds is 6. The van der Waals surface area contributed by atoms with Gasteiger partial charge in [-0.15, -0.1) is 0 Å². The number of hydrogen-bond donors (Lipinski definition) is 1. The Morgan fingerprint density at radius 1 is 1.35 bits per heavy atom. The number of nitrogen functional groups attached to an aromatic ring is 1. The lowest BCUT2D eigenvalue weighted by Gasteiger charge is -2.14.